The molecule has 0 aliphatic rings. The second-order valence-electron chi connectivity index (χ2n) is 4.47. The van der Waals surface area contributed by atoms with Crippen LogP contribution in [0.5, 0.6) is 5.88 Å². The summed E-state index contributed by atoms with van der Waals surface area (Å²) in [5.74, 6) is 2.36. The van der Waals surface area contributed by atoms with E-state index in [9.17, 15) is 0 Å². The van der Waals surface area contributed by atoms with Gasteiger partial charge < -0.3 is 10.1 Å². The molecule has 1 aromatic heterocycles. The summed E-state index contributed by atoms with van der Waals surface area (Å²) >= 11 is 0. The van der Waals surface area contributed by atoms with Gasteiger partial charge in [-0.1, -0.05) is 12.5 Å². The molecule has 0 unspecified atom stereocenters. The van der Waals surface area contributed by atoms with Crippen molar-refractivity contribution in [1.82, 2.24) is 9.97 Å². The lowest BCUT2D eigenvalue weighted by atomic mass is 10.2. The molecule has 4 nitrogen and oxygen atoms in total. The van der Waals surface area contributed by atoms with Gasteiger partial charge >= 0.3 is 0 Å². The number of nitrogens with zero attached hydrogens (tertiary/aromatic N) is 2. The number of aromatic nitrogens is 2. The lowest BCUT2D eigenvalue weighted by molar-refractivity contribution is 0.305. The van der Waals surface area contributed by atoms with Crippen molar-refractivity contribution < 1.29 is 4.74 Å². The maximum Gasteiger partial charge on any atom is 0.221 e. The molecule has 0 spiro atoms. The van der Waals surface area contributed by atoms with Crippen molar-refractivity contribution >= 4 is 5.82 Å². The Bertz CT molecular complexity index is 416. The van der Waals surface area contributed by atoms with Crippen LogP contribution >= 0.6 is 0 Å². The van der Waals surface area contributed by atoms with Gasteiger partial charge in [-0.05, 0) is 20.3 Å². The molecule has 100 valence electrons. The second kappa shape index (κ2) is 6.99. The SMILES string of the molecule is C=C(C)CCOc1nc(CCC)nc(NC)c1C. The van der Waals surface area contributed by atoms with E-state index < -0.39 is 0 Å². The first-order valence-electron chi connectivity index (χ1n) is 6.40. The third kappa shape index (κ3) is 4.02. The highest BCUT2D eigenvalue weighted by molar-refractivity contribution is 5.48. The lowest BCUT2D eigenvalue weighted by Gasteiger charge is -2.12. The summed E-state index contributed by atoms with van der Waals surface area (Å²) in [7, 11) is 1.86. The van der Waals surface area contributed by atoms with Crippen molar-refractivity contribution in [2.24, 2.45) is 0 Å². The molecule has 0 saturated carbocycles. The molecule has 1 heterocycles. The van der Waals surface area contributed by atoms with Crippen molar-refractivity contribution in [2.75, 3.05) is 19.0 Å². The summed E-state index contributed by atoms with van der Waals surface area (Å²) in [5.41, 5.74) is 2.07. The first kappa shape index (κ1) is 14.5. The predicted molar refractivity (Wildman–Crippen MR) is 75.2 cm³/mol. The van der Waals surface area contributed by atoms with E-state index in [1.165, 1.54) is 0 Å². The number of aryl methyl sites for hydroxylation is 1. The van der Waals surface area contributed by atoms with Crippen LogP contribution in [0.3, 0.4) is 0 Å². The number of rotatable bonds is 7. The van der Waals surface area contributed by atoms with Gasteiger partial charge in [-0.2, -0.15) is 4.98 Å². The summed E-state index contributed by atoms with van der Waals surface area (Å²) in [5, 5.41) is 3.08. The molecule has 1 N–H and O–H groups in total. The fourth-order valence-corrected chi connectivity index (χ4v) is 1.58. The maximum absolute atomic E-state index is 5.73. The Kier molecular flexibility index (Phi) is 5.62. The third-order valence-electron chi connectivity index (χ3n) is 2.63. The molecule has 0 aliphatic heterocycles. The molecule has 1 aromatic rings. The second-order valence-corrected chi connectivity index (χ2v) is 4.47. The minimum absolute atomic E-state index is 0.613. The number of nitrogens with one attached hydrogen (secondary N) is 1. The Labute approximate surface area is 109 Å². The normalized spacial score (nSPS) is 10.2. The van der Waals surface area contributed by atoms with E-state index in [1.807, 2.05) is 20.9 Å². The van der Waals surface area contributed by atoms with Gasteiger partial charge in [-0.25, -0.2) is 4.98 Å². The average molecular weight is 249 g/mol. The Morgan fingerprint density at radius 1 is 1.39 bits per heavy atom. The summed E-state index contributed by atoms with van der Waals surface area (Å²) < 4.78 is 5.73. The molecule has 1 rings (SSSR count). The van der Waals surface area contributed by atoms with Crippen LogP contribution < -0.4 is 10.1 Å². The molecule has 0 saturated heterocycles. The summed E-state index contributed by atoms with van der Waals surface area (Å²) in [6, 6.07) is 0. The number of ether oxygens (including phenoxy) is 1. The topological polar surface area (TPSA) is 47.0 Å². The zero-order chi connectivity index (χ0) is 13.5. The number of hydrogen-bond donors (Lipinski definition) is 1. The van der Waals surface area contributed by atoms with E-state index in [1.54, 1.807) is 0 Å². The van der Waals surface area contributed by atoms with Gasteiger partial charge in [0, 0.05) is 19.9 Å². The van der Waals surface area contributed by atoms with Gasteiger partial charge in [-0.3, -0.25) is 0 Å². The van der Waals surface area contributed by atoms with Crippen molar-refractivity contribution in [3.8, 4) is 5.88 Å². The molecule has 0 aromatic carbocycles. The molecule has 0 bridgehead atoms. The number of anilines is 1. The molecular formula is C14H23N3O. The first-order valence-corrected chi connectivity index (χ1v) is 6.40. The smallest absolute Gasteiger partial charge is 0.221 e. The zero-order valence-corrected chi connectivity index (χ0v) is 11.8. The predicted octanol–water partition coefficient (Wildman–Crippen LogP) is 3.12. The lowest BCUT2D eigenvalue weighted by Crippen LogP contribution is -2.08. The maximum atomic E-state index is 5.73. The van der Waals surface area contributed by atoms with E-state index >= 15 is 0 Å². The highest BCUT2D eigenvalue weighted by Crippen LogP contribution is 2.22. The van der Waals surface area contributed by atoms with Crippen molar-refractivity contribution in [1.29, 1.82) is 0 Å². The Morgan fingerprint density at radius 2 is 2.11 bits per heavy atom. The zero-order valence-electron chi connectivity index (χ0n) is 11.8. The minimum atomic E-state index is 0.613. The molecule has 18 heavy (non-hydrogen) atoms. The van der Waals surface area contributed by atoms with Crippen molar-refractivity contribution in [2.45, 2.75) is 40.0 Å². The Balaban J connectivity index is 2.86. The van der Waals surface area contributed by atoms with E-state index in [0.29, 0.717) is 12.5 Å². The van der Waals surface area contributed by atoms with Crippen molar-refractivity contribution in [3.05, 3.63) is 23.5 Å². The van der Waals surface area contributed by atoms with Crippen LogP contribution in [-0.2, 0) is 6.42 Å². The molecular weight excluding hydrogens is 226 g/mol. The quantitative estimate of drug-likeness (QED) is 0.754. The molecule has 0 fully saturated rings. The van der Waals surface area contributed by atoms with E-state index in [-0.39, 0.29) is 0 Å². The third-order valence-corrected chi connectivity index (χ3v) is 2.63. The van der Waals surface area contributed by atoms with Crippen LogP contribution in [0.25, 0.3) is 0 Å². The van der Waals surface area contributed by atoms with Gasteiger partial charge in [0.2, 0.25) is 5.88 Å². The minimum Gasteiger partial charge on any atom is -0.477 e. The monoisotopic (exact) mass is 249 g/mol. The number of hydrogen-bond acceptors (Lipinski definition) is 4. The van der Waals surface area contributed by atoms with Crippen LogP contribution in [0.2, 0.25) is 0 Å². The van der Waals surface area contributed by atoms with Gasteiger partial charge in [0.1, 0.15) is 11.6 Å². The highest BCUT2D eigenvalue weighted by Gasteiger charge is 2.10. The molecule has 4 heteroatoms. The molecule has 0 aliphatic carbocycles. The molecule has 0 radical (unpaired) electrons. The van der Waals surface area contributed by atoms with Crippen LogP contribution in [0.1, 0.15) is 38.1 Å². The fourth-order valence-electron chi connectivity index (χ4n) is 1.58. The summed E-state index contributed by atoms with van der Waals surface area (Å²) in [4.78, 5) is 8.93. The largest absolute Gasteiger partial charge is 0.477 e. The van der Waals surface area contributed by atoms with Crippen LogP contribution in [0, 0.1) is 6.92 Å². The summed E-state index contributed by atoms with van der Waals surface area (Å²) in [6.45, 7) is 10.6. The van der Waals surface area contributed by atoms with E-state index in [4.69, 9.17) is 4.74 Å². The fraction of sp³-hybridized carbons (Fsp3) is 0.571. The summed E-state index contributed by atoms with van der Waals surface area (Å²) in [6.07, 6.45) is 2.74. The van der Waals surface area contributed by atoms with Gasteiger partial charge in [0.25, 0.3) is 0 Å². The van der Waals surface area contributed by atoms with Gasteiger partial charge in [0.15, 0.2) is 0 Å². The van der Waals surface area contributed by atoms with Crippen LogP contribution in [0.15, 0.2) is 12.2 Å². The molecule has 0 atom stereocenters. The van der Waals surface area contributed by atoms with Crippen LogP contribution in [-0.4, -0.2) is 23.6 Å². The Morgan fingerprint density at radius 3 is 2.67 bits per heavy atom. The van der Waals surface area contributed by atoms with Crippen molar-refractivity contribution in [3.63, 3.8) is 0 Å². The molecule has 0 amide bonds. The first-order chi connectivity index (χ1) is 8.58. The van der Waals surface area contributed by atoms with Gasteiger partial charge in [0.05, 0.1) is 12.2 Å². The van der Waals surface area contributed by atoms with Crippen LogP contribution in [0.4, 0.5) is 5.82 Å². The van der Waals surface area contributed by atoms with E-state index in [2.05, 4.69) is 28.8 Å². The Hall–Kier alpha value is -1.58. The van der Waals surface area contributed by atoms with E-state index in [0.717, 1.165) is 42.0 Å². The standard InChI is InChI=1S/C14H23N3O/c1-6-7-12-16-13(15-5)11(4)14(17-12)18-9-8-10(2)3/h2,6-9H2,1,3-5H3,(H,15,16,17). The highest BCUT2D eigenvalue weighted by atomic mass is 16.5. The van der Waals surface area contributed by atoms with Gasteiger partial charge in [-0.15, -0.1) is 6.58 Å². The average Bonchev–Trinajstić information content (AvgIpc) is 2.32.